The maximum atomic E-state index is 12.6. The molecule has 0 spiro atoms. The summed E-state index contributed by atoms with van der Waals surface area (Å²) in [7, 11) is 0. The molecular formula is C33H29F3N4O7. The van der Waals surface area contributed by atoms with Crippen LogP contribution in [0.5, 0.6) is 23.1 Å². The van der Waals surface area contributed by atoms with Gasteiger partial charge in [0.2, 0.25) is 5.88 Å². The molecule has 11 nitrogen and oxygen atoms in total. The number of carbonyl (C=O) groups excluding carboxylic acids is 2. The van der Waals surface area contributed by atoms with Gasteiger partial charge in [0.15, 0.2) is 0 Å². The molecule has 1 aliphatic rings. The number of carbonyl (C=O) groups is 3. The summed E-state index contributed by atoms with van der Waals surface area (Å²) in [5, 5.41) is 17.4. The fourth-order valence-electron chi connectivity index (χ4n) is 4.87. The van der Waals surface area contributed by atoms with E-state index < -0.39 is 24.3 Å². The number of para-hydroxylation sites is 1. The summed E-state index contributed by atoms with van der Waals surface area (Å²) in [5.74, 6) is -0.648. The Bertz CT molecular complexity index is 1690. The first-order chi connectivity index (χ1) is 22.5. The van der Waals surface area contributed by atoms with E-state index in [0.29, 0.717) is 42.9 Å². The van der Waals surface area contributed by atoms with Crippen LogP contribution in [0, 0.1) is 0 Å². The number of pyridine rings is 1. The molecular weight excluding hydrogens is 621 g/mol. The van der Waals surface area contributed by atoms with Crippen molar-refractivity contribution in [3.63, 3.8) is 0 Å². The van der Waals surface area contributed by atoms with Gasteiger partial charge in [-0.25, -0.2) is 14.6 Å². The van der Waals surface area contributed by atoms with Gasteiger partial charge < -0.3 is 35.3 Å². The molecule has 5 rings (SSSR count). The number of hydrogen-bond acceptors (Lipinski definition) is 7. The predicted molar refractivity (Wildman–Crippen MR) is 164 cm³/mol. The molecule has 244 valence electrons. The minimum atomic E-state index is -4.79. The average Bonchev–Trinajstić information content (AvgIpc) is 3.04. The van der Waals surface area contributed by atoms with Crippen LogP contribution in [0.25, 0.3) is 0 Å². The minimum absolute atomic E-state index is 0.0264. The molecule has 3 amide bonds. The fourth-order valence-corrected chi connectivity index (χ4v) is 4.87. The molecule has 1 aromatic heterocycles. The molecule has 0 aliphatic heterocycles. The van der Waals surface area contributed by atoms with Gasteiger partial charge in [0.25, 0.3) is 5.91 Å². The monoisotopic (exact) mass is 650 g/mol. The van der Waals surface area contributed by atoms with E-state index in [9.17, 15) is 32.7 Å². The number of aromatic nitrogens is 1. The maximum Gasteiger partial charge on any atom is 0.573 e. The Kier molecular flexibility index (Phi) is 10.1. The predicted octanol–water partition coefficient (Wildman–Crippen LogP) is 7.23. The maximum absolute atomic E-state index is 12.6. The molecule has 1 fully saturated rings. The first-order valence-corrected chi connectivity index (χ1v) is 14.5. The Balaban J connectivity index is 1.04. The molecule has 1 saturated carbocycles. The lowest BCUT2D eigenvalue weighted by Crippen LogP contribution is -2.41. The number of benzene rings is 3. The van der Waals surface area contributed by atoms with Gasteiger partial charge in [-0.05, 0) is 92.4 Å². The lowest BCUT2D eigenvalue weighted by atomic mass is 9.93. The highest BCUT2D eigenvalue weighted by Gasteiger charge is 2.31. The van der Waals surface area contributed by atoms with E-state index in [-0.39, 0.29) is 40.6 Å². The van der Waals surface area contributed by atoms with Crippen LogP contribution in [0.1, 0.15) is 46.4 Å². The topological polar surface area (TPSA) is 148 Å². The van der Waals surface area contributed by atoms with Gasteiger partial charge in [-0.15, -0.1) is 13.2 Å². The number of rotatable bonds is 10. The number of nitrogens with zero attached hydrogens (tertiary/aromatic N) is 1. The van der Waals surface area contributed by atoms with Gasteiger partial charge in [0.05, 0.1) is 22.9 Å². The van der Waals surface area contributed by atoms with Crippen molar-refractivity contribution in [2.24, 2.45) is 0 Å². The van der Waals surface area contributed by atoms with E-state index in [2.05, 4.69) is 25.7 Å². The number of urea groups is 1. The second-order valence-electron chi connectivity index (χ2n) is 10.5. The van der Waals surface area contributed by atoms with E-state index in [0.717, 1.165) is 12.1 Å². The number of halogens is 3. The molecule has 0 bridgehead atoms. The van der Waals surface area contributed by atoms with Crippen LogP contribution in [0.3, 0.4) is 0 Å². The molecule has 0 atom stereocenters. The number of aromatic carboxylic acids is 1. The van der Waals surface area contributed by atoms with Crippen LogP contribution >= 0.6 is 0 Å². The number of ether oxygens (including phenoxy) is 3. The zero-order valence-corrected chi connectivity index (χ0v) is 24.6. The third-order valence-corrected chi connectivity index (χ3v) is 7.11. The van der Waals surface area contributed by atoms with Crippen molar-refractivity contribution in [1.82, 2.24) is 10.3 Å². The molecule has 4 aromatic rings. The molecule has 47 heavy (non-hydrogen) atoms. The summed E-state index contributed by atoms with van der Waals surface area (Å²) >= 11 is 0. The van der Waals surface area contributed by atoms with Crippen molar-refractivity contribution in [3.8, 4) is 23.1 Å². The zero-order valence-electron chi connectivity index (χ0n) is 24.6. The highest BCUT2D eigenvalue weighted by molar-refractivity contribution is 6.07. The fraction of sp³-hybridized carbons (Fsp3) is 0.212. The second kappa shape index (κ2) is 14.5. The highest BCUT2D eigenvalue weighted by atomic mass is 19.4. The highest BCUT2D eigenvalue weighted by Crippen LogP contribution is 2.28. The molecule has 0 unspecified atom stereocenters. The van der Waals surface area contributed by atoms with Crippen LogP contribution in [0.4, 0.5) is 29.3 Å². The summed E-state index contributed by atoms with van der Waals surface area (Å²) in [5.41, 5.74) is 0.702. The van der Waals surface area contributed by atoms with Gasteiger partial charge in [-0.2, -0.15) is 0 Å². The molecule has 3 aromatic carbocycles. The number of nitrogens with one attached hydrogen (secondary N) is 3. The lowest BCUT2D eigenvalue weighted by Gasteiger charge is -2.29. The standard InChI is InChI=1S/C33H29F3N4O7/c34-33(35,36)47-26-12-8-22(9-13-26)39-32(44)38-21-6-10-23(11-7-21)45-24-14-16-25(17-15-24)46-29-18-5-20(19-37-29)30(41)40-28-4-2-1-3-27(28)31(42)43/h1-5,8-9,12-19,21,23H,6-7,10-11H2,(H,40,41)(H,42,43)(H2,38,39,44). The molecule has 1 aliphatic carbocycles. The zero-order chi connectivity index (χ0) is 33.4. The number of carboxylic acids is 1. The van der Waals surface area contributed by atoms with Gasteiger partial charge in [-0.3, -0.25) is 4.79 Å². The van der Waals surface area contributed by atoms with E-state index in [1.807, 2.05) is 0 Å². The summed E-state index contributed by atoms with van der Waals surface area (Å²) in [6, 6.07) is 20.5. The molecule has 4 N–H and O–H groups in total. The summed E-state index contributed by atoms with van der Waals surface area (Å²) < 4.78 is 52.6. The Morgan fingerprint density at radius 3 is 2.09 bits per heavy atom. The molecule has 0 saturated heterocycles. The van der Waals surface area contributed by atoms with Crippen LogP contribution in [-0.4, -0.2) is 46.5 Å². The third kappa shape index (κ3) is 9.60. The van der Waals surface area contributed by atoms with E-state index in [4.69, 9.17) is 9.47 Å². The van der Waals surface area contributed by atoms with E-state index >= 15 is 0 Å². The Hall–Kier alpha value is -5.79. The quantitative estimate of drug-likeness (QED) is 0.140. The number of carboxylic acid groups (broad SMARTS) is 1. The largest absolute Gasteiger partial charge is 0.573 e. The third-order valence-electron chi connectivity index (χ3n) is 7.11. The first-order valence-electron chi connectivity index (χ1n) is 14.5. The number of anilines is 2. The van der Waals surface area contributed by atoms with Crippen LogP contribution in [-0.2, 0) is 0 Å². The van der Waals surface area contributed by atoms with Crippen LogP contribution < -0.4 is 30.2 Å². The minimum Gasteiger partial charge on any atom is -0.490 e. The summed E-state index contributed by atoms with van der Waals surface area (Å²) in [4.78, 5) is 40.5. The van der Waals surface area contributed by atoms with Crippen molar-refractivity contribution in [3.05, 3.63) is 102 Å². The Labute approximate surface area is 266 Å². The van der Waals surface area contributed by atoms with Crippen LogP contribution in [0.15, 0.2) is 91.1 Å². The van der Waals surface area contributed by atoms with Gasteiger partial charge in [0.1, 0.15) is 17.2 Å². The normalized spacial score (nSPS) is 16.0. The SMILES string of the molecule is O=C(Nc1ccc(OC(F)(F)F)cc1)NC1CCC(Oc2ccc(Oc3ccc(C(=O)Nc4ccccc4C(=O)O)cn3)cc2)CC1. The van der Waals surface area contributed by atoms with Crippen LogP contribution in [0.2, 0.25) is 0 Å². The summed E-state index contributed by atoms with van der Waals surface area (Å²) in [6.45, 7) is 0. The Morgan fingerprint density at radius 1 is 0.787 bits per heavy atom. The first kappa shape index (κ1) is 32.6. The van der Waals surface area contributed by atoms with Crippen molar-refractivity contribution in [2.45, 2.75) is 44.2 Å². The van der Waals surface area contributed by atoms with Crippen molar-refractivity contribution < 1.29 is 46.9 Å². The van der Waals surface area contributed by atoms with Crippen molar-refractivity contribution >= 4 is 29.3 Å². The molecule has 0 radical (unpaired) electrons. The van der Waals surface area contributed by atoms with Gasteiger partial charge in [-0.1, -0.05) is 12.1 Å². The van der Waals surface area contributed by atoms with Gasteiger partial charge >= 0.3 is 18.4 Å². The van der Waals surface area contributed by atoms with E-state index in [1.165, 1.54) is 42.6 Å². The number of alkyl halides is 3. The summed E-state index contributed by atoms with van der Waals surface area (Å²) in [6.07, 6.45) is -0.726. The second-order valence-corrected chi connectivity index (χ2v) is 10.5. The molecule has 14 heteroatoms. The average molecular weight is 651 g/mol. The number of hydrogen-bond donors (Lipinski definition) is 4. The molecule has 1 heterocycles. The number of amides is 3. The van der Waals surface area contributed by atoms with Crippen molar-refractivity contribution in [2.75, 3.05) is 10.6 Å². The van der Waals surface area contributed by atoms with Crippen molar-refractivity contribution in [1.29, 1.82) is 0 Å². The Morgan fingerprint density at radius 2 is 1.45 bits per heavy atom. The smallest absolute Gasteiger partial charge is 0.490 e. The van der Waals surface area contributed by atoms with E-state index in [1.54, 1.807) is 36.4 Å². The van der Waals surface area contributed by atoms with Gasteiger partial charge in [0, 0.05) is 24.0 Å². The lowest BCUT2D eigenvalue weighted by molar-refractivity contribution is -0.274.